The molecular weight excluding hydrogens is 526 g/mol. The molecule has 8 heteroatoms. The third kappa shape index (κ3) is 6.35. The maximum Gasteiger partial charge on any atom is 0.337 e. The van der Waals surface area contributed by atoms with E-state index >= 15 is 8.78 Å². The van der Waals surface area contributed by atoms with E-state index in [4.69, 9.17) is 9.16 Å². The van der Waals surface area contributed by atoms with Crippen molar-refractivity contribution in [3.05, 3.63) is 96.2 Å². The number of benzene rings is 3. The van der Waals surface area contributed by atoms with Crippen molar-refractivity contribution in [3.63, 3.8) is 0 Å². The molecule has 0 amide bonds. The lowest BCUT2D eigenvalue weighted by atomic mass is 10.0. The van der Waals surface area contributed by atoms with Crippen LogP contribution in [0.3, 0.4) is 0 Å². The molecule has 0 aliphatic carbocycles. The normalized spacial score (nSPS) is 13.4. The standard InChI is InChI=1S/C32H38F2N2O3Si/c1-23(18-25-20-35-29-19-24(30(37)38-5)16-17-28(25)29)36-21-32(33,34)22-39-40(31(2,3)4,26-12-8-6-9-13-26)27-14-10-7-11-15-27/h6-17,19-20,23,35-36H,18,21-22H2,1-5H3/t23-/m1/s1. The van der Waals surface area contributed by atoms with Crippen LogP contribution < -0.4 is 15.7 Å². The lowest BCUT2D eigenvalue weighted by Crippen LogP contribution is -2.67. The van der Waals surface area contributed by atoms with Gasteiger partial charge in [0, 0.05) is 23.1 Å². The maximum absolute atomic E-state index is 15.4. The second-order valence-electron chi connectivity index (χ2n) is 11.4. The highest BCUT2D eigenvalue weighted by molar-refractivity contribution is 6.99. The summed E-state index contributed by atoms with van der Waals surface area (Å²) in [4.78, 5) is 15.0. The van der Waals surface area contributed by atoms with Crippen molar-refractivity contribution in [2.24, 2.45) is 0 Å². The number of carbonyl (C=O) groups is 1. The fourth-order valence-corrected chi connectivity index (χ4v) is 9.94. The van der Waals surface area contributed by atoms with Gasteiger partial charge < -0.3 is 19.5 Å². The molecule has 0 unspecified atom stereocenters. The van der Waals surface area contributed by atoms with Gasteiger partial charge in [-0.05, 0) is 46.5 Å². The quantitative estimate of drug-likeness (QED) is 0.182. The molecule has 4 aromatic rings. The van der Waals surface area contributed by atoms with Crippen LogP contribution in [0.25, 0.3) is 10.9 Å². The number of halogens is 2. The van der Waals surface area contributed by atoms with Crippen molar-refractivity contribution >= 4 is 35.6 Å². The predicted octanol–water partition coefficient (Wildman–Crippen LogP) is 5.69. The van der Waals surface area contributed by atoms with Crippen molar-refractivity contribution < 1.29 is 22.7 Å². The molecule has 212 valence electrons. The minimum Gasteiger partial charge on any atom is -0.465 e. The summed E-state index contributed by atoms with van der Waals surface area (Å²) in [6, 6.07) is 24.7. The number of fused-ring (bicyclic) bond motifs is 1. The Labute approximate surface area is 236 Å². The largest absolute Gasteiger partial charge is 0.465 e. The summed E-state index contributed by atoms with van der Waals surface area (Å²) in [7, 11) is -1.72. The highest BCUT2D eigenvalue weighted by atomic mass is 28.4. The van der Waals surface area contributed by atoms with Gasteiger partial charge in [0.1, 0.15) is 0 Å². The van der Waals surface area contributed by atoms with Gasteiger partial charge >= 0.3 is 5.97 Å². The number of hydrogen-bond acceptors (Lipinski definition) is 4. The number of esters is 1. The second-order valence-corrected chi connectivity index (χ2v) is 15.7. The van der Waals surface area contributed by atoms with E-state index in [0.29, 0.717) is 12.0 Å². The van der Waals surface area contributed by atoms with Gasteiger partial charge in [0.2, 0.25) is 0 Å². The van der Waals surface area contributed by atoms with Crippen LogP contribution in [-0.4, -0.2) is 51.5 Å². The first-order valence-corrected chi connectivity index (χ1v) is 15.4. The Morgan fingerprint density at radius 2 is 1.57 bits per heavy atom. The summed E-state index contributed by atoms with van der Waals surface area (Å²) in [5, 5.41) is 5.53. The minimum atomic E-state index is -3.07. The highest BCUT2D eigenvalue weighted by Gasteiger charge is 2.51. The molecule has 1 atom stereocenters. The summed E-state index contributed by atoms with van der Waals surface area (Å²) < 4.78 is 42.1. The first-order valence-electron chi connectivity index (χ1n) is 13.5. The van der Waals surface area contributed by atoms with E-state index in [1.807, 2.05) is 79.9 Å². The molecule has 0 saturated carbocycles. The van der Waals surface area contributed by atoms with Gasteiger partial charge in [-0.15, -0.1) is 0 Å². The first-order chi connectivity index (χ1) is 19.0. The van der Waals surface area contributed by atoms with Crippen LogP contribution in [0.4, 0.5) is 8.78 Å². The SMILES string of the molecule is COC(=O)c1ccc2c(C[C@@H](C)NCC(F)(F)CO[Si](c3ccccc3)(c3ccccc3)C(C)(C)C)c[nH]c2c1. The average Bonchev–Trinajstić information content (AvgIpc) is 3.34. The molecule has 0 bridgehead atoms. The van der Waals surface area contributed by atoms with Gasteiger partial charge in [0.25, 0.3) is 14.2 Å². The zero-order valence-corrected chi connectivity index (χ0v) is 24.8. The number of nitrogens with one attached hydrogen (secondary N) is 2. The molecule has 40 heavy (non-hydrogen) atoms. The molecule has 0 aliphatic rings. The van der Waals surface area contributed by atoms with Crippen LogP contribution in [0, 0.1) is 0 Å². The van der Waals surface area contributed by atoms with E-state index in [0.717, 1.165) is 26.8 Å². The Hall–Kier alpha value is -3.33. The van der Waals surface area contributed by atoms with E-state index in [9.17, 15) is 4.79 Å². The number of hydrogen-bond donors (Lipinski definition) is 2. The molecular formula is C32H38F2N2O3Si. The lowest BCUT2D eigenvalue weighted by molar-refractivity contribution is -0.0433. The average molecular weight is 565 g/mol. The molecule has 0 fully saturated rings. The third-order valence-corrected chi connectivity index (χ3v) is 12.3. The molecule has 2 N–H and O–H groups in total. The predicted molar refractivity (Wildman–Crippen MR) is 159 cm³/mol. The first kappa shape index (κ1) is 29.6. The van der Waals surface area contributed by atoms with Crippen molar-refractivity contribution in [2.45, 2.75) is 51.1 Å². The van der Waals surface area contributed by atoms with Gasteiger partial charge in [0.05, 0.1) is 25.8 Å². The lowest BCUT2D eigenvalue weighted by Gasteiger charge is -2.43. The van der Waals surface area contributed by atoms with Gasteiger partial charge in [0.15, 0.2) is 0 Å². The number of rotatable bonds is 11. The van der Waals surface area contributed by atoms with E-state index in [1.54, 1.807) is 12.1 Å². The van der Waals surface area contributed by atoms with Crippen molar-refractivity contribution in [1.82, 2.24) is 10.3 Å². The van der Waals surface area contributed by atoms with Crippen molar-refractivity contribution in [2.75, 3.05) is 20.3 Å². The molecule has 5 nitrogen and oxygen atoms in total. The van der Waals surface area contributed by atoms with Crippen LogP contribution in [0.2, 0.25) is 5.04 Å². The van der Waals surface area contributed by atoms with Gasteiger partial charge in [-0.3, -0.25) is 0 Å². The summed E-state index contributed by atoms with van der Waals surface area (Å²) >= 11 is 0. The monoisotopic (exact) mass is 564 g/mol. The van der Waals surface area contributed by atoms with Crippen molar-refractivity contribution in [1.29, 1.82) is 0 Å². The maximum atomic E-state index is 15.4. The minimum absolute atomic E-state index is 0.210. The molecule has 1 heterocycles. The van der Waals surface area contributed by atoms with E-state index in [1.165, 1.54) is 7.11 Å². The van der Waals surface area contributed by atoms with Gasteiger partial charge in [-0.25, -0.2) is 13.6 Å². The Kier molecular flexibility index (Phi) is 8.92. The second kappa shape index (κ2) is 12.0. The number of carbonyl (C=O) groups excluding carboxylic acids is 1. The smallest absolute Gasteiger partial charge is 0.337 e. The van der Waals surface area contributed by atoms with Crippen LogP contribution in [0.15, 0.2) is 85.1 Å². The number of methoxy groups -OCH3 is 1. The number of ether oxygens (including phenoxy) is 1. The zero-order valence-electron chi connectivity index (χ0n) is 23.8. The zero-order chi connectivity index (χ0) is 29.0. The number of H-pyrrole nitrogens is 1. The van der Waals surface area contributed by atoms with Crippen LogP contribution in [-0.2, 0) is 15.6 Å². The fraction of sp³-hybridized carbons (Fsp3) is 0.344. The number of aromatic amines is 1. The number of alkyl halides is 2. The summed E-state index contributed by atoms with van der Waals surface area (Å²) in [5.41, 5.74) is 2.24. The molecule has 4 rings (SSSR count). The molecule has 0 spiro atoms. The van der Waals surface area contributed by atoms with Crippen molar-refractivity contribution in [3.8, 4) is 0 Å². The fourth-order valence-electron chi connectivity index (χ4n) is 5.35. The van der Waals surface area contributed by atoms with Crippen LogP contribution >= 0.6 is 0 Å². The molecule has 0 aliphatic heterocycles. The van der Waals surface area contributed by atoms with Crippen LogP contribution in [0.5, 0.6) is 0 Å². The van der Waals surface area contributed by atoms with Crippen LogP contribution in [0.1, 0.15) is 43.6 Å². The van der Waals surface area contributed by atoms with E-state index in [2.05, 4.69) is 31.1 Å². The Balaban J connectivity index is 1.47. The Morgan fingerprint density at radius 1 is 0.975 bits per heavy atom. The molecule has 3 aromatic carbocycles. The molecule has 0 saturated heterocycles. The third-order valence-electron chi connectivity index (χ3n) is 7.34. The highest BCUT2D eigenvalue weighted by Crippen LogP contribution is 2.37. The molecule has 1 aromatic heterocycles. The van der Waals surface area contributed by atoms with Gasteiger partial charge in [-0.1, -0.05) is 87.5 Å². The van der Waals surface area contributed by atoms with Gasteiger partial charge in [-0.2, -0.15) is 0 Å². The Bertz CT molecular complexity index is 1380. The topological polar surface area (TPSA) is 63.4 Å². The number of aromatic nitrogens is 1. The summed E-state index contributed by atoms with van der Waals surface area (Å²) in [6.45, 7) is 6.94. The molecule has 0 radical (unpaired) electrons. The Morgan fingerprint density at radius 3 is 2.12 bits per heavy atom. The van der Waals surface area contributed by atoms with E-state index in [-0.39, 0.29) is 11.1 Å². The summed E-state index contributed by atoms with van der Waals surface area (Å²) in [6.07, 6.45) is 2.40. The van der Waals surface area contributed by atoms with E-state index < -0.39 is 33.4 Å². The summed E-state index contributed by atoms with van der Waals surface area (Å²) in [5.74, 6) is -3.48.